The van der Waals surface area contributed by atoms with E-state index in [-0.39, 0.29) is 0 Å². The third kappa shape index (κ3) is 2.38. The van der Waals surface area contributed by atoms with Crippen LogP contribution in [0.1, 0.15) is 31.0 Å². The highest BCUT2D eigenvalue weighted by atomic mass is 35.5. The quantitative estimate of drug-likeness (QED) is 0.712. The second kappa shape index (κ2) is 4.87. The van der Waals surface area contributed by atoms with Gasteiger partial charge in [-0.05, 0) is 13.3 Å². The summed E-state index contributed by atoms with van der Waals surface area (Å²) >= 11 is 11.8. The number of alkyl halides is 1. The van der Waals surface area contributed by atoms with Crippen molar-refractivity contribution in [3.05, 3.63) is 16.4 Å². The molecule has 1 heterocycles. The van der Waals surface area contributed by atoms with Crippen LogP contribution < -0.4 is 0 Å². The molecule has 0 aliphatic carbocycles. The Hall–Kier alpha value is -0.210. The summed E-state index contributed by atoms with van der Waals surface area (Å²) in [7, 11) is 0. The maximum atomic E-state index is 6.08. The predicted molar refractivity (Wildman–Crippen MR) is 56.4 cm³/mol. The van der Waals surface area contributed by atoms with E-state index in [1.54, 1.807) is 0 Å². The van der Waals surface area contributed by atoms with Crippen LogP contribution in [0.15, 0.2) is 0 Å². The van der Waals surface area contributed by atoms with E-state index in [4.69, 9.17) is 23.2 Å². The highest BCUT2D eigenvalue weighted by Crippen LogP contribution is 2.21. The van der Waals surface area contributed by atoms with Crippen LogP contribution in [0.5, 0.6) is 0 Å². The van der Waals surface area contributed by atoms with Crippen LogP contribution in [0.4, 0.5) is 0 Å². The molecule has 0 atom stereocenters. The number of hydrogen-bond acceptors (Lipinski definition) is 1. The van der Waals surface area contributed by atoms with E-state index in [0.29, 0.717) is 11.0 Å². The SMILES string of the molecule is CCCCn1nc(C)c(CCl)c1Cl. The van der Waals surface area contributed by atoms with E-state index in [2.05, 4.69) is 12.0 Å². The zero-order valence-corrected chi connectivity index (χ0v) is 9.49. The first-order valence-corrected chi connectivity index (χ1v) is 5.39. The lowest BCUT2D eigenvalue weighted by Crippen LogP contribution is -1.99. The molecule has 0 aromatic carbocycles. The maximum absolute atomic E-state index is 6.08. The molecule has 0 radical (unpaired) electrons. The fourth-order valence-corrected chi connectivity index (χ4v) is 1.91. The summed E-state index contributed by atoms with van der Waals surface area (Å²) in [4.78, 5) is 0. The molecule has 1 aromatic heterocycles. The fraction of sp³-hybridized carbons (Fsp3) is 0.667. The molecule has 0 spiro atoms. The summed E-state index contributed by atoms with van der Waals surface area (Å²) in [6.45, 7) is 4.96. The number of nitrogens with zero attached hydrogens (tertiary/aromatic N) is 2. The molecule has 74 valence electrons. The minimum Gasteiger partial charge on any atom is -0.253 e. The minimum absolute atomic E-state index is 0.441. The van der Waals surface area contributed by atoms with E-state index >= 15 is 0 Å². The summed E-state index contributed by atoms with van der Waals surface area (Å²) in [6.07, 6.45) is 2.24. The van der Waals surface area contributed by atoms with Crippen molar-refractivity contribution < 1.29 is 0 Å². The highest BCUT2D eigenvalue weighted by Gasteiger charge is 2.11. The van der Waals surface area contributed by atoms with Crippen molar-refractivity contribution in [2.24, 2.45) is 0 Å². The van der Waals surface area contributed by atoms with Crippen molar-refractivity contribution in [2.45, 2.75) is 39.1 Å². The predicted octanol–water partition coefficient (Wildman–Crippen LogP) is 3.38. The Morgan fingerprint density at radius 1 is 1.46 bits per heavy atom. The van der Waals surface area contributed by atoms with E-state index in [1.165, 1.54) is 0 Å². The van der Waals surface area contributed by atoms with Gasteiger partial charge in [0.05, 0.1) is 11.6 Å². The van der Waals surface area contributed by atoms with Gasteiger partial charge in [-0.25, -0.2) is 0 Å². The fourth-order valence-electron chi connectivity index (χ4n) is 1.20. The molecular weight excluding hydrogens is 207 g/mol. The summed E-state index contributed by atoms with van der Waals surface area (Å²) in [6, 6.07) is 0. The van der Waals surface area contributed by atoms with Gasteiger partial charge >= 0.3 is 0 Å². The van der Waals surface area contributed by atoms with Gasteiger partial charge in [-0.2, -0.15) is 5.10 Å². The average Bonchev–Trinajstić information content (AvgIpc) is 2.38. The lowest BCUT2D eigenvalue weighted by Gasteiger charge is -2.00. The molecule has 0 bridgehead atoms. The standard InChI is InChI=1S/C9H14Cl2N2/c1-3-4-5-13-9(11)8(6-10)7(2)12-13/h3-6H2,1-2H3. The Morgan fingerprint density at radius 2 is 2.15 bits per heavy atom. The largest absolute Gasteiger partial charge is 0.253 e. The molecule has 0 saturated carbocycles. The molecule has 0 saturated heterocycles. The zero-order valence-electron chi connectivity index (χ0n) is 7.98. The Morgan fingerprint density at radius 3 is 2.62 bits per heavy atom. The topological polar surface area (TPSA) is 17.8 Å². The van der Waals surface area contributed by atoms with Crippen molar-refractivity contribution in [2.75, 3.05) is 0 Å². The molecule has 0 N–H and O–H groups in total. The lowest BCUT2D eigenvalue weighted by atomic mass is 10.3. The normalized spacial score (nSPS) is 10.8. The Balaban J connectivity index is 2.83. The molecule has 0 aliphatic heterocycles. The minimum atomic E-state index is 0.441. The number of halogens is 2. The van der Waals surface area contributed by atoms with Gasteiger partial charge in [0.15, 0.2) is 0 Å². The van der Waals surface area contributed by atoms with Crippen LogP contribution in [0, 0.1) is 6.92 Å². The van der Waals surface area contributed by atoms with Crippen molar-refractivity contribution in [1.82, 2.24) is 9.78 Å². The summed E-state index contributed by atoms with van der Waals surface area (Å²) in [5.74, 6) is 0.441. The summed E-state index contributed by atoms with van der Waals surface area (Å²) in [5, 5.41) is 5.01. The Labute approximate surface area is 88.8 Å². The van der Waals surface area contributed by atoms with Gasteiger partial charge in [0.1, 0.15) is 5.15 Å². The number of aryl methyl sites for hydroxylation is 2. The van der Waals surface area contributed by atoms with Gasteiger partial charge in [-0.1, -0.05) is 24.9 Å². The van der Waals surface area contributed by atoms with Crippen molar-refractivity contribution in [1.29, 1.82) is 0 Å². The van der Waals surface area contributed by atoms with Gasteiger partial charge in [0, 0.05) is 12.1 Å². The van der Waals surface area contributed by atoms with Gasteiger partial charge in [0.25, 0.3) is 0 Å². The van der Waals surface area contributed by atoms with E-state index in [9.17, 15) is 0 Å². The van der Waals surface area contributed by atoms with E-state index in [1.807, 2.05) is 11.6 Å². The number of aromatic nitrogens is 2. The van der Waals surface area contributed by atoms with Crippen LogP contribution in [-0.4, -0.2) is 9.78 Å². The van der Waals surface area contributed by atoms with Gasteiger partial charge in [0.2, 0.25) is 0 Å². The molecule has 0 fully saturated rings. The van der Waals surface area contributed by atoms with Crippen molar-refractivity contribution in [3.63, 3.8) is 0 Å². The molecule has 2 nitrogen and oxygen atoms in total. The first-order chi connectivity index (χ1) is 6.20. The first-order valence-electron chi connectivity index (χ1n) is 4.48. The maximum Gasteiger partial charge on any atom is 0.131 e. The smallest absolute Gasteiger partial charge is 0.131 e. The molecule has 1 aromatic rings. The monoisotopic (exact) mass is 220 g/mol. The summed E-state index contributed by atoms with van der Waals surface area (Å²) < 4.78 is 1.83. The van der Waals surface area contributed by atoms with E-state index in [0.717, 1.165) is 30.6 Å². The molecule has 0 aliphatic rings. The molecule has 0 amide bonds. The third-order valence-corrected chi connectivity index (χ3v) is 2.73. The third-order valence-electron chi connectivity index (χ3n) is 2.04. The molecule has 1 rings (SSSR count). The van der Waals surface area contributed by atoms with Crippen LogP contribution in [-0.2, 0) is 12.4 Å². The van der Waals surface area contributed by atoms with Crippen LogP contribution in [0.25, 0.3) is 0 Å². The number of rotatable bonds is 4. The Kier molecular flexibility index (Phi) is 4.07. The van der Waals surface area contributed by atoms with Gasteiger partial charge in [-0.3, -0.25) is 4.68 Å². The summed E-state index contributed by atoms with van der Waals surface area (Å²) in [5.41, 5.74) is 1.90. The highest BCUT2D eigenvalue weighted by molar-refractivity contribution is 6.31. The average molecular weight is 221 g/mol. The lowest BCUT2D eigenvalue weighted by molar-refractivity contribution is 0.569. The number of unbranched alkanes of at least 4 members (excludes halogenated alkanes) is 1. The molecular formula is C9H14Cl2N2. The zero-order chi connectivity index (χ0) is 9.84. The Bertz CT molecular complexity index is 281. The van der Waals surface area contributed by atoms with Crippen LogP contribution >= 0.6 is 23.2 Å². The first kappa shape index (κ1) is 10.9. The van der Waals surface area contributed by atoms with Gasteiger partial charge in [-0.15, -0.1) is 11.6 Å². The number of hydrogen-bond donors (Lipinski definition) is 0. The molecule has 0 unspecified atom stereocenters. The second-order valence-corrected chi connectivity index (χ2v) is 3.69. The van der Waals surface area contributed by atoms with Crippen LogP contribution in [0.2, 0.25) is 5.15 Å². The molecule has 4 heteroatoms. The van der Waals surface area contributed by atoms with Crippen molar-refractivity contribution in [3.8, 4) is 0 Å². The van der Waals surface area contributed by atoms with E-state index < -0.39 is 0 Å². The van der Waals surface area contributed by atoms with Crippen LogP contribution in [0.3, 0.4) is 0 Å². The van der Waals surface area contributed by atoms with Crippen molar-refractivity contribution >= 4 is 23.2 Å². The second-order valence-electron chi connectivity index (χ2n) is 3.07. The molecule has 13 heavy (non-hydrogen) atoms. The van der Waals surface area contributed by atoms with Gasteiger partial charge < -0.3 is 0 Å².